The predicted octanol–water partition coefficient (Wildman–Crippen LogP) is 5.28. The number of hydrogen-bond acceptors (Lipinski definition) is 10. The van der Waals surface area contributed by atoms with Gasteiger partial charge in [-0.15, -0.1) is 0 Å². The van der Waals surface area contributed by atoms with Gasteiger partial charge < -0.3 is 20.5 Å². The molecule has 0 saturated carbocycles. The number of hydrogen-bond donors (Lipinski definition) is 4. The van der Waals surface area contributed by atoms with Crippen LogP contribution < -0.4 is 20.5 Å². The van der Waals surface area contributed by atoms with Crippen LogP contribution in [0, 0.1) is 13.8 Å². The molecule has 0 aliphatic rings. The number of aromatic amines is 2. The normalized spacial score (nSPS) is 9.23. The van der Waals surface area contributed by atoms with Crippen molar-refractivity contribution in [3.05, 3.63) is 51.6 Å². The molecule has 0 unspecified atom stereocenters. The molecule has 0 aliphatic heterocycles. The van der Waals surface area contributed by atoms with E-state index < -0.39 is 0 Å². The molecule has 192 valence electrons. The quantitative estimate of drug-likeness (QED) is 0.195. The van der Waals surface area contributed by atoms with Crippen molar-refractivity contribution in [3.63, 3.8) is 0 Å². The SMILES string of the molecule is C.C.COc1cnc(Cl)nc1Cl.COc1cnc(Cl)nc1Nc1cc(C)[nH]n1.Cc1cc(N)n[nH]1. The van der Waals surface area contributed by atoms with Crippen molar-refractivity contribution < 1.29 is 9.47 Å². The fourth-order valence-corrected chi connectivity index (χ4v) is 2.61. The van der Waals surface area contributed by atoms with Crippen LogP contribution in [0.4, 0.5) is 17.5 Å². The highest BCUT2D eigenvalue weighted by Gasteiger charge is 2.08. The summed E-state index contributed by atoms with van der Waals surface area (Å²) in [6, 6.07) is 3.62. The number of aromatic nitrogens is 8. The lowest BCUT2D eigenvalue weighted by molar-refractivity contribution is 0.411. The Morgan fingerprint density at radius 3 is 1.80 bits per heavy atom. The van der Waals surface area contributed by atoms with Gasteiger partial charge in [0, 0.05) is 23.5 Å². The highest BCUT2D eigenvalue weighted by Crippen LogP contribution is 2.25. The second-order valence-corrected chi connectivity index (χ2v) is 7.13. The summed E-state index contributed by atoms with van der Waals surface area (Å²) >= 11 is 16.7. The van der Waals surface area contributed by atoms with E-state index in [1.165, 1.54) is 26.6 Å². The summed E-state index contributed by atoms with van der Waals surface area (Å²) in [5.41, 5.74) is 7.18. The molecule has 0 aromatic carbocycles. The Balaban J connectivity index is 0.000000525. The van der Waals surface area contributed by atoms with Gasteiger partial charge in [0.2, 0.25) is 10.6 Å². The van der Waals surface area contributed by atoms with E-state index >= 15 is 0 Å². The van der Waals surface area contributed by atoms with Crippen LogP contribution in [0.1, 0.15) is 26.2 Å². The third-order valence-electron chi connectivity index (χ3n) is 3.53. The first-order valence-corrected chi connectivity index (χ1v) is 10.2. The fourth-order valence-electron chi connectivity index (χ4n) is 2.10. The Labute approximate surface area is 219 Å². The van der Waals surface area contributed by atoms with Gasteiger partial charge in [-0.3, -0.25) is 10.2 Å². The highest BCUT2D eigenvalue weighted by molar-refractivity contribution is 6.32. The first-order chi connectivity index (χ1) is 15.7. The monoisotopic (exact) mass is 546 g/mol. The van der Waals surface area contributed by atoms with Crippen molar-refractivity contribution in [3.8, 4) is 11.5 Å². The summed E-state index contributed by atoms with van der Waals surface area (Å²) in [6.45, 7) is 3.81. The lowest BCUT2D eigenvalue weighted by Gasteiger charge is -2.07. The van der Waals surface area contributed by atoms with Crippen LogP contribution in [0.15, 0.2) is 24.5 Å². The Hall–Kier alpha value is -3.35. The standard InChI is InChI=1S/C9H10ClN5O.C5H4Cl2N2O.C4H7N3.2CH4/c1-5-3-7(15-14-5)12-8-6(16-2)4-11-9(10)13-8;1-10-3-2-8-5(7)9-4(3)6;1-3-2-4(5)7-6-3;;/h3-4H,1-2H3,(H2,11,12,13,14,15);2H,1H3;2H,1H3,(H3,5,6,7);2*1H4. The number of nitrogens with zero attached hydrogens (tertiary/aromatic N) is 6. The molecule has 0 amide bonds. The number of rotatable bonds is 4. The topological polar surface area (TPSA) is 165 Å². The van der Waals surface area contributed by atoms with Crippen molar-refractivity contribution in [2.75, 3.05) is 25.3 Å². The molecular weight excluding hydrogens is 519 g/mol. The number of ether oxygens (including phenoxy) is 2. The molecule has 0 aliphatic carbocycles. The summed E-state index contributed by atoms with van der Waals surface area (Å²) in [7, 11) is 3.02. The van der Waals surface area contributed by atoms with Crippen LogP contribution in [0.25, 0.3) is 0 Å². The number of aryl methyl sites for hydroxylation is 2. The zero-order valence-electron chi connectivity index (χ0n) is 18.0. The average molecular weight is 548 g/mol. The number of nitrogens with two attached hydrogens (primary N) is 1. The maximum absolute atomic E-state index is 5.70. The van der Waals surface area contributed by atoms with Crippen LogP contribution in [-0.4, -0.2) is 54.6 Å². The molecule has 4 heterocycles. The Kier molecular flexibility index (Phi) is 14.0. The minimum Gasteiger partial charge on any atom is -0.492 e. The lowest BCUT2D eigenvalue weighted by atomic mass is 10.4. The average Bonchev–Trinajstić information content (AvgIpc) is 3.36. The van der Waals surface area contributed by atoms with Crippen LogP contribution in [0.3, 0.4) is 0 Å². The maximum Gasteiger partial charge on any atom is 0.224 e. The lowest BCUT2D eigenvalue weighted by Crippen LogP contribution is -1.99. The molecule has 15 heteroatoms. The third kappa shape index (κ3) is 10.6. The van der Waals surface area contributed by atoms with E-state index in [4.69, 9.17) is 50.0 Å². The Morgan fingerprint density at radius 2 is 1.37 bits per heavy atom. The van der Waals surface area contributed by atoms with Crippen LogP contribution in [0.2, 0.25) is 15.7 Å². The number of H-pyrrole nitrogens is 2. The van der Waals surface area contributed by atoms with Gasteiger partial charge in [0.05, 0.1) is 26.6 Å². The van der Waals surface area contributed by atoms with Gasteiger partial charge in [0.15, 0.2) is 28.3 Å². The molecule has 0 bridgehead atoms. The van der Waals surface area contributed by atoms with E-state index in [0.29, 0.717) is 29.0 Å². The van der Waals surface area contributed by atoms with E-state index in [0.717, 1.165) is 11.4 Å². The number of anilines is 3. The van der Waals surface area contributed by atoms with Gasteiger partial charge in [-0.2, -0.15) is 15.2 Å². The van der Waals surface area contributed by atoms with Gasteiger partial charge >= 0.3 is 0 Å². The number of nitrogens with one attached hydrogen (secondary N) is 3. The molecule has 35 heavy (non-hydrogen) atoms. The molecular formula is C20H29Cl3N10O2. The molecule has 0 spiro atoms. The molecule has 5 N–H and O–H groups in total. The van der Waals surface area contributed by atoms with Crippen LogP contribution >= 0.6 is 34.8 Å². The fraction of sp³-hybridized carbons (Fsp3) is 0.300. The molecule has 12 nitrogen and oxygen atoms in total. The second-order valence-electron chi connectivity index (χ2n) is 6.09. The second kappa shape index (κ2) is 15.5. The molecule has 0 atom stereocenters. The van der Waals surface area contributed by atoms with Gasteiger partial charge in [-0.1, -0.05) is 26.5 Å². The Morgan fingerprint density at radius 1 is 0.829 bits per heavy atom. The van der Waals surface area contributed by atoms with Crippen molar-refractivity contribution in [1.82, 2.24) is 40.3 Å². The first kappa shape index (κ1) is 31.6. The number of nitrogen functional groups attached to an aromatic ring is 1. The van der Waals surface area contributed by atoms with Gasteiger partial charge in [0.1, 0.15) is 5.82 Å². The summed E-state index contributed by atoms with van der Waals surface area (Å²) < 4.78 is 9.88. The minimum atomic E-state index is 0. The van der Waals surface area contributed by atoms with Gasteiger partial charge in [0.25, 0.3) is 0 Å². The van der Waals surface area contributed by atoms with E-state index in [9.17, 15) is 0 Å². The van der Waals surface area contributed by atoms with Crippen LogP contribution in [-0.2, 0) is 0 Å². The van der Waals surface area contributed by atoms with Crippen molar-refractivity contribution in [2.24, 2.45) is 0 Å². The number of methoxy groups -OCH3 is 2. The zero-order chi connectivity index (χ0) is 24.4. The van der Waals surface area contributed by atoms with Crippen LogP contribution in [0.5, 0.6) is 11.5 Å². The molecule has 0 saturated heterocycles. The molecule has 4 aromatic rings. The summed E-state index contributed by atoms with van der Waals surface area (Å²) in [5, 5.41) is 16.7. The van der Waals surface area contributed by atoms with E-state index in [1.54, 1.807) is 6.07 Å². The van der Waals surface area contributed by atoms with Gasteiger partial charge in [-0.25, -0.2) is 15.0 Å². The smallest absolute Gasteiger partial charge is 0.224 e. The van der Waals surface area contributed by atoms with Gasteiger partial charge in [-0.05, 0) is 37.0 Å². The van der Waals surface area contributed by atoms with Crippen molar-refractivity contribution in [2.45, 2.75) is 28.7 Å². The van der Waals surface area contributed by atoms with E-state index in [1.807, 2.05) is 19.9 Å². The third-order valence-corrected chi connectivity index (χ3v) is 4.16. The van der Waals surface area contributed by atoms with Crippen molar-refractivity contribution >= 4 is 52.3 Å². The molecule has 0 fully saturated rings. The zero-order valence-corrected chi connectivity index (χ0v) is 20.3. The molecule has 4 aromatic heterocycles. The predicted molar refractivity (Wildman–Crippen MR) is 140 cm³/mol. The maximum atomic E-state index is 5.70. The summed E-state index contributed by atoms with van der Waals surface area (Å²) in [4.78, 5) is 15.1. The molecule has 4 rings (SSSR count). The molecule has 0 radical (unpaired) electrons. The summed E-state index contributed by atoms with van der Waals surface area (Å²) in [5.74, 6) is 2.60. The summed E-state index contributed by atoms with van der Waals surface area (Å²) in [6.07, 6.45) is 2.91. The Bertz CT molecular complexity index is 1150. The number of halogens is 3. The highest BCUT2D eigenvalue weighted by atomic mass is 35.5. The van der Waals surface area contributed by atoms with Crippen molar-refractivity contribution in [1.29, 1.82) is 0 Å². The van der Waals surface area contributed by atoms with E-state index in [-0.39, 0.29) is 30.6 Å². The minimum absolute atomic E-state index is 0. The largest absolute Gasteiger partial charge is 0.492 e. The first-order valence-electron chi connectivity index (χ1n) is 9.06. The van der Waals surface area contributed by atoms with E-state index in [2.05, 4.69) is 45.6 Å².